The molecule has 0 heterocycles. The lowest BCUT2D eigenvalue weighted by Gasteiger charge is -2.16. The minimum Gasteiger partial charge on any atom is -0.493 e. The van der Waals surface area contributed by atoms with Gasteiger partial charge < -0.3 is 14.2 Å². The fraction of sp³-hybridized carbons (Fsp3) is 0.235. The molecule has 0 saturated heterocycles. The van der Waals surface area contributed by atoms with Crippen molar-refractivity contribution in [3.05, 3.63) is 53.6 Å². The topological polar surface area (TPSA) is 51.5 Å². The van der Waals surface area contributed by atoms with Crippen LogP contribution in [0, 0.1) is 11.3 Å². The molecule has 0 aromatic heterocycles. The van der Waals surface area contributed by atoms with E-state index >= 15 is 0 Å². The Labute approximate surface area is 124 Å². The molecule has 0 aliphatic rings. The summed E-state index contributed by atoms with van der Waals surface area (Å²) in [6.45, 7) is 0.406. The predicted octanol–water partition coefficient (Wildman–Crippen LogP) is 3.35. The first-order valence-electron chi connectivity index (χ1n) is 6.57. The molecular formula is C17H17NO3. The molecule has 0 atom stereocenters. The fourth-order valence-electron chi connectivity index (χ4n) is 2.06. The summed E-state index contributed by atoms with van der Waals surface area (Å²) in [6, 6.07) is 15.6. The SMILES string of the molecule is COc1ccc(CC#N)c(OC)c1OCc1ccccc1. The molecule has 0 aliphatic carbocycles. The van der Waals surface area contributed by atoms with E-state index in [-0.39, 0.29) is 6.42 Å². The van der Waals surface area contributed by atoms with Crippen molar-refractivity contribution < 1.29 is 14.2 Å². The van der Waals surface area contributed by atoms with Gasteiger partial charge in [0.15, 0.2) is 11.5 Å². The smallest absolute Gasteiger partial charge is 0.204 e. The lowest BCUT2D eigenvalue weighted by Crippen LogP contribution is -2.02. The van der Waals surface area contributed by atoms with Gasteiger partial charge in [-0.15, -0.1) is 0 Å². The molecule has 0 amide bonds. The van der Waals surface area contributed by atoms with E-state index in [1.54, 1.807) is 20.3 Å². The summed E-state index contributed by atoms with van der Waals surface area (Å²) >= 11 is 0. The van der Waals surface area contributed by atoms with Crippen LogP contribution in [0.5, 0.6) is 17.2 Å². The molecule has 2 aromatic carbocycles. The summed E-state index contributed by atoms with van der Waals surface area (Å²) in [6.07, 6.45) is 0.259. The quantitative estimate of drug-likeness (QED) is 0.815. The number of hydrogen-bond acceptors (Lipinski definition) is 4. The highest BCUT2D eigenvalue weighted by atomic mass is 16.5. The third kappa shape index (κ3) is 3.46. The van der Waals surface area contributed by atoms with Crippen LogP contribution in [0.25, 0.3) is 0 Å². The molecule has 0 bridgehead atoms. The average Bonchev–Trinajstić information content (AvgIpc) is 2.54. The highest BCUT2D eigenvalue weighted by Crippen LogP contribution is 2.40. The molecule has 0 unspecified atom stereocenters. The van der Waals surface area contributed by atoms with Crippen LogP contribution < -0.4 is 14.2 Å². The van der Waals surface area contributed by atoms with Crippen molar-refractivity contribution >= 4 is 0 Å². The zero-order chi connectivity index (χ0) is 15.1. The van der Waals surface area contributed by atoms with Crippen LogP contribution in [-0.4, -0.2) is 14.2 Å². The minimum absolute atomic E-state index is 0.259. The van der Waals surface area contributed by atoms with Gasteiger partial charge >= 0.3 is 0 Å². The van der Waals surface area contributed by atoms with Crippen LogP contribution in [0.1, 0.15) is 11.1 Å². The Morgan fingerprint density at radius 2 is 1.71 bits per heavy atom. The maximum Gasteiger partial charge on any atom is 0.204 e. The van der Waals surface area contributed by atoms with Crippen LogP contribution in [0.15, 0.2) is 42.5 Å². The van der Waals surface area contributed by atoms with Crippen molar-refractivity contribution in [1.82, 2.24) is 0 Å². The Kier molecular flexibility index (Phi) is 5.05. The van der Waals surface area contributed by atoms with Crippen LogP contribution in [-0.2, 0) is 13.0 Å². The fourth-order valence-corrected chi connectivity index (χ4v) is 2.06. The highest BCUT2D eigenvalue weighted by Gasteiger charge is 2.16. The Morgan fingerprint density at radius 3 is 2.33 bits per heavy atom. The van der Waals surface area contributed by atoms with Gasteiger partial charge in [0, 0.05) is 5.56 Å². The third-order valence-corrected chi connectivity index (χ3v) is 3.08. The summed E-state index contributed by atoms with van der Waals surface area (Å²) in [4.78, 5) is 0. The van der Waals surface area contributed by atoms with Gasteiger partial charge in [-0.05, 0) is 11.6 Å². The molecule has 0 fully saturated rings. The molecule has 4 heteroatoms. The Hall–Kier alpha value is -2.67. The molecule has 21 heavy (non-hydrogen) atoms. The second kappa shape index (κ2) is 7.20. The minimum atomic E-state index is 0.259. The van der Waals surface area contributed by atoms with Gasteiger partial charge in [0.1, 0.15) is 6.61 Å². The Balaban J connectivity index is 2.31. The normalized spacial score (nSPS) is 9.76. The lowest BCUT2D eigenvalue weighted by molar-refractivity contribution is 0.265. The number of rotatable bonds is 6. The maximum absolute atomic E-state index is 8.89. The Bertz CT molecular complexity index is 632. The second-order valence-corrected chi connectivity index (χ2v) is 4.40. The van der Waals surface area contributed by atoms with E-state index in [2.05, 4.69) is 6.07 Å². The molecule has 2 rings (SSSR count). The van der Waals surface area contributed by atoms with Crippen LogP contribution in [0.3, 0.4) is 0 Å². The monoisotopic (exact) mass is 283 g/mol. The highest BCUT2D eigenvalue weighted by molar-refractivity contribution is 5.56. The molecule has 0 saturated carbocycles. The molecule has 4 nitrogen and oxygen atoms in total. The van der Waals surface area contributed by atoms with Gasteiger partial charge in [0.2, 0.25) is 5.75 Å². The van der Waals surface area contributed by atoms with Crippen LogP contribution in [0.2, 0.25) is 0 Å². The van der Waals surface area contributed by atoms with Crippen molar-refractivity contribution in [3.63, 3.8) is 0 Å². The van der Waals surface area contributed by atoms with Crippen molar-refractivity contribution in [2.24, 2.45) is 0 Å². The first-order chi connectivity index (χ1) is 10.3. The first-order valence-corrected chi connectivity index (χ1v) is 6.57. The van der Waals surface area contributed by atoms with Crippen molar-refractivity contribution in [2.45, 2.75) is 13.0 Å². The van der Waals surface area contributed by atoms with Crippen LogP contribution >= 0.6 is 0 Å². The summed E-state index contributed by atoms with van der Waals surface area (Å²) in [5, 5.41) is 8.89. The molecule has 2 aromatic rings. The molecule has 0 N–H and O–H groups in total. The number of hydrogen-bond donors (Lipinski definition) is 0. The number of methoxy groups -OCH3 is 2. The van der Waals surface area contributed by atoms with Gasteiger partial charge in [-0.25, -0.2) is 0 Å². The van der Waals surface area contributed by atoms with Gasteiger partial charge in [0.05, 0.1) is 26.7 Å². The number of nitriles is 1. The average molecular weight is 283 g/mol. The summed E-state index contributed by atoms with van der Waals surface area (Å²) < 4.78 is 16.6. The van der Waals surface area contributed by atoms with E-state index in [0.717, 1.165) is 11.1 Å². The van der Waals surface area contributed by atoms with E-state index < -0.39 is 0 Å². The molecule has 0 radical (unpaired) electrons. The standard InChI is InChI=1S/C17H17NO3/c1-19-15-9-8-14(10-11-18)16(20-2)17(15)21-12-13-6-4-3-5-7-13/h3-9H,10,12H2,1-2H3. The van der Waals surface area contributed by atoms with E-state index in [9.17, 15) is 0 Å². The zero-order valence-corrected chi connectivity index (χ0v) is 12.1. The summed E-state index contributed by atoms with van der Waals surface area (Å²) in [7, 11) is 3.14. The summed E-state index contributed by atoms with van der Waals surface area (Å²) in [5.41, 5.74) is 1.83. The molecule has 0 aliphatic heterocycles. The zero-order valence-electron chi connectivity index (χ0n) is 12.1. The van der Waals surface area contributed by atoms with Gasteiger partial charge in [0.25, 0.3) is 0 Å². The second-order valence-electron chi connectivity index (χ2n) is 4.40. The van der Waals surface area contributed by atoms with Gasteiger partial charge in [-0.2, -0.15) is 5.26 Å². The number of nitrogens with zero attached hydrogens (tertiary/aromatic N) is 1. The maximum atomic E-state index is 8.89. The van der Waals surface area contributed by atoms with Gasteiger partial charge in [-0.3, -0.25) is 0 Å². The predicted molar refractivity (Wildman–Crippen MR) is 79.6 cm³/mol. The Morgan fingerprint density at radius 1 is 0.952 bits per heavy atom. The molecule has 108 valence electrons. The number of benzene rings is 2. The van der Waals surface area contributed by atoms with E-state index in [1.165, 1.54) is 0 Å². The van der Waals surface area contributed by atoms with E-state index in [4.69, 9.17) is 19.5 Å². The van der Waals surface area contributed by atoms with Crippen molar-refractivity contribution in [2.75, 3.05) is 14.2 Å². The summed E-state index contributed by atoms with van der Waals surface area (Å²) in [5.74, 6) is 1.66. The van der Waals surface area contributed by atoms with Crippen LogP contribution in [0.4, 0.5) is 0 Å². The van der Waals surface area contributed by atoms with E-state index in [0.29, 0.717) is 23.9 Å². The largest absolute Gasteiger partial charge is 0.493 e. The van der Waals surface area contributed by atoms with E-state index in [1.807, 2.05) is 36.4 Å². The molecule has 0 spiro atoms. The van der Waals surface area contributed by atoms with Crippen molar-refractivity contribution in [1.29, 1.82) is 5.26 Å². The number of ether oxygens (including phenoxy) is 3. The third-order valence-electron chi connectivity index (χ3n) is 3.08. The lowest BCUT2D eigenvalue weighted by atomic mass is 10.1. The first kappa shape index (κ1) is 14.7. The molecular weight excluding hydrogens is 266 g/mol. The van der Waals surface area contributed by atoms with Crippen molar-refractivity contribution in [3.8, 4) is 23.3 Å². The van der Waals surface area contributed by atoms with Gasteiger partial charge in [-0.1, -0.05) is 36.4 Å².